The lowest BCUT2D eigenvalue weighted by molar-refractivity contribution is 0.383. The van der Waals surface area contributed by atoms with Gasteiger partial charge in [0.25, 0.3) is 0 Å². The van der Waals surface area contributed by atoms with Gasteiger partial charge in [-0.25, -0.2) is 9.97 Å². The summed E-state index contributed by atoms with van der Waals surface area (Å²) in [5.41, 5.74) is 4.47. The van der Waals surface area contributed by atoms with Gasteiger partial charge in [0.1, 0.15) is 5.69 Å². The van der Waals surface area contributed by atoms with Crippen LogP contribution in [-0.2, 0) is 13.6 Å². The highest BCUT2D eigenvalue weighted by atomic mass is 16.5. The summed E-state index contributed by atoms with van der Waals surface area (Å²) in [5.74, 6) is 1.36. The molecule has 0 saturated carbocycles. The van der Waals surface area contributed by atoms with Crippen LogP contribution in [0.15, 0.2) is 41.2 Å². The third-order valence-electron chi connectivity index (χ3n) is 4.18. The van der Waals surface area contributed by atoms with Crippen LogP contribution in [0.4, 0.5) is 5.95 Å². The Hall–Kier alpha value is -3.62. The summed E-state index contributed by atoms with van der Waals surface area (Å²) in [4.78, 5) is 17.4. The molecule has 4 aromatic rings. The molecule has 4 rings (SSSR count). The van der Waals surface area contributed by atoms with Crippen molar-refractivity contribution in [1.82, 2.24) is 34.9 Å². The van der Waals surface area contributed by atoms with Crippen LogP contribution in [0, 0.1) is 13.8 Å². The summed E-state index contributed by atoms with van der Waals surface area (Å²) >= 11 is 0. The van der Waals surface area contributed by atoms with Crippen molar-refractivity contribution in [3.63, 3.8) is 0 Å². The minimum Gasteiger partial charge on any atom is -0.345 e. The van der Waals surface area contributed by atoms with E-state index >= 15 is 0 Å². The van der Waals surface area contributed by atoms with Crippen molar-refractivity contribution < 1.29 is 4.52 Å². The number of aromatic nitrogens is 7. The van der Waals surface area contributed by atoms with E-state index in [1.54, 1.807) is 12.4 Å². The molecule has 0 fully saturated rings. The van der Waals surface area contributed by atoms with Gasteiger partial charge in [0.2, 0.25) is 17.7 Å². The van der Waals surface area contributed by atoms with Crippen molar-refractivity contribution >= 4 is 5.95 Å². The molecule has 136 valence electrons. The maximum atomic E-state index is 5.26. The number of nitrogens with zero attached hydrogens (tertiary/aromatic N) is 7. The number of rotatable bonds is 5. The average Bonchev–Trinajstić information content (AvgIpc) is 3.26. The molecule has 0 radical (unpaired) electrons. The quantitative estimate of drug-likeness (QED) is 0.577. The first-order valence-corrected chi connectivity index (χ1v) is 8.43. The summed E-state index contributed by atoms with van der Waals surface area (Å²) < 4.78 is 7.11. The van der Waals surface area contributed by atoms with Crippen LogP contribution >= 0.6 is 0 Å². The topological polar surface area (TPSA) is 107 Å². The fourth-order valence-corrected chi connectivity index (χ4v) is 2.81. The zero-order chi connectivity index (χ0) is 18.8. The molecule has 4 heterocycles. The second-order valence-electron chi connectivity index (χ2n) is 6.02. The van der Waals surface area contributed by atoms with Crippen LogP contribution in [0.1, 0.15) is 17.3 Å². The smallest absolute Gasteiger partial charge is 0.246 e. The fraction of sp³-hybridized carbons (Fsp3) is 0.222. The van der Waals surface area contributed by atoms with Gasteiger partial charge < -0.3 is 9.84 Å². The molecule has 0 aromatic carbocycles. The first-order chi connectivity index (χ1) is 13.1. The number of pyridine rings is 1. The summed E-state index contributed by atoms with van der Waals surface area (Å²) in [6.45, 7) is 4.30. The molecule has 0 aliphatic rings. The summed E-state index contributed by atoms with van der Waals surface area (Å²) in [6.07, 6.45) is 3.40. The summed E-state index contributed by atoms with van der Waals surface area (Å²) in [5, 5.41) is 11.5. The van der Waals surface area contributed by atoms with E-state index in [-0.39, 0.29) is 0 Å². The molecule has 0 aliphatic carbocycles. The van der Waals surface area contributed by atoms with E-state index in [1.807, 2.05) is 49.8 Å². The lowest BCUT2D eigenvalue weighted by Crippen LogP contribution is -2.04. The van der Waals surface area contributed by atoms with E-state index in [4.69, 9.17) is 4.52 Å². The molecule has 0 unspecified atom stereocenters. The van der Waals surface area contributed by atoms with E-state index < -0.39 is 0 Å². The maximum Gasteiger partial charge on any atom is 0.246 e. The average molecular weight is 362 g/mol. The predicted molar refractivity (Wildman–Crippen MR) is 98.6 cm³/mol. The van der Waals surface area contributed by atoms with Gasteiger partial charge >= 0.3 is 0 Å². The maximum absolute atomic E-state index is 5.26. The standard InChI is InChI=1S/C18H18N8O/c1-11-16(12(2)26(3)24-11)13-7-9-20-18(22-13)21-10-15-23-17(25-27-15)14-6-4-5-8-19-14/h4-9H,10H2,1-3H3,(H,20,21,22). The molecule has 9 heteroatoms. The molecule has 4 aromatic heterocycles. The van der Waals surface area contributed by atoms with Gasteiger partial charge in [0, 0.05) is 30.7 Å². The van der Waals surface area contributed by atoms with Gasteiger partial charge in [-0.1, -0.05) is 11.2 Å². The van der Waals surface area contributed by atoms with Gasteiger partial charge in [-0.2, -0.15) is 10.1 Å². The van der Waals surface area contributed by atoms with Crippen molar-refractivity contribution in [2.24, 2.45) is 7.05 Å². The third-order valence-corrected chi connectivity index (χ3v) is 4.18. The molecular weight excluding hydrogens is 344 g/mol. The summed E-state index contributed by atoms with van der Waals surface area (Å²) in [7, 11) is 1.92. The SMILES string of the molecule is Cc1nn(C)c(C)c1-c1ccnc(NCc2nc(-c3ccccn3)no2)n1. The Morgan fingerprint density at radius 2 is 1.93 bits per heavy atom. The Morgan fingerprint density at radius 1 is 1.04 bits per heavy atom. The molecule has 0 atom stereocenters. The van der Waals surface area contributed by atoms with Gasteiger partial charge in [-0.15, -0.1) is 0 Å². The zero-order valence-electron chi connectivity index (χ0n) is 15.2. The predicted octanol–water partition coefficient (Wildman–Crippen LogP) is 2.55. The van der Waals surface area contributed by atoms with Crippen LogP contribution in [0.5, 0.6) is 0 Å². The highest BCUT2D eigenvalue weighted by Gasteiger charge is 2.14. The molecule has 0 spiro atoms. The largest absolute Gasteiger partial charge is 0.345 e. The van der Waals surface area contributed by atoms with Gasteiger partial charge in [0.15, 0.2) is 0 Å². The number of hydrogen-bond donors (Lipinski definition) is 1. The van der Waals surface area contributed by atoms with Crippen molar-refractivity contribution in [1.29, 1.82) is 0 Å². The van der Waals surface area contributed by atoms with Crippen LogP contribution in [0.3, 0.4) is 0 Å². The molecule has 1 N–H and O–H groups in total. The molecular formula is C18H18N8O. The van der Waals surface area contributed by atoms with Crippen molar-refractivity contribution in [2.75, 3.05) is 5.32 Å². The molecule has 0 saturated heterocycles. The van der Waals surface area contributed by atoms with Gasteiger partial charge in [0.05, 0.1) is 17.9 Å². The van der Waals surface area contributed by atoms with E-state index in [2.05, 4.69) is 35.5 Å². The van der Waals surface area contributed by atoms with Crippen LogP contribution in [-0.4, -0.2) is 34.9 Å². The van der Waals surface area contributed by atoms with E-state index in [0.717, 1.165) is 22.6 Å². The fourth-order valence-electron chi connectivity index (χ4n) is 2.81. The van der Waals surface area contributed by atoms with Crippen molar-refractivity contribution in [2.45, 2.75) is 20.4 Å². The second kappa shape index (κ2) is 6.94. The lowest BCUT2D eigenvalue weighted by Gasteiger charge is -2.05. The van der Waals surface area contributed by atoms with Crippen molar-refractivity contribution in [3.8, 4) is 22.8 Å². The Bertz CT molecular complexity index is 1070. The number of anilines is 1. The van der Waals surface area contributed by atoms with E-state index in [1.165, 1.54) is 0 Å². The zero-order valence-corrected chi connectivity index (χ0v) is 15.2. The van der Waals surface area contributed by atoms with Crippen LogP contribution in [0.2, 0.25) is 0 Å². The highest BCUT2D eigenvalue weighted by Crippen LogP contribution is 2.25. The molecule has 0 amide bonds. The van der Waals surface area contributed by atoms with Gasteiger partial charge in [-0.05, 0) is 32.0 Å². The highest BCUT2D eigenvalue weighted by molar-refractivity contribution is 5.65. The number of aryl methyl sites for hydroxylation is 2. The normalized spacial score (nSPS) is 10.9. The third kappa shape index (κ3) is 3.39. The first-order valence-electron chi connectivity index (χ1n) is 8.43. The molecule has 9 nitrogen and oxygen atoms in total. The Morgan fingerprint density at radius 3 is 2.67 bits per heavy atom. The Labute approximate surface area is 155 Å². The Balaban J connectivity index is 1.50. The lowest BCUT2D eigenvalue weighted by atomic mass is 10.1. The minimum atomic E-state index is 0.314. The number of hydrogen-bond acceptors (Lipinski definition) is 8. The van der Waals surface area contributed by atoms with E-state index in [9.17, 15) is 0 Å². The molecule has 27 heavy (non-hydrogen) atoms. The molecule has 0 aliphatic heterocycles. The second-order valence-corrected chi connectivity index (χ2v) is 6.02. The minimum absolute atomic E-state index is 0.314. The Kier molecular flexibility index (Phi) is 4.33. The summed E-state index contributed by atoms with van der Waals surface area (Å²) in [6, 6.07) is 7.40. The van der Waals surface area contributed by atoms with Crippen LogP contribution in [0.25, 0.3) is 22.8 Å². The van der Waals surface area contributed by atoms with Gasteiger partial charge in [-0.3, -0.25) is 9.67 Å². The number of nitrogens with one attached hydrogen (secondary N) is 1. The van der Waals surface area contributed by atoms with E-state index in [0.29, 0.717) is 29.9 Å². The molecule has 0 bridgehead atoms. The van der Waals surface area contributed by atoms with Crippen molar-refractivity contribution in [3.05, 3.63) is 53.9 Å². The van der Waals surface area contributed by atoms with Crippen LogP contribution < -0.4 is 5.32 Å². The first kappa shape index (κ1) is 16.8. The monoisotopic (exact) mass is 362 g/mol.